The molecule has 0 unspecified atom stereocenters. The second-order valence-electron chi connectivity index (χ2n) is 12.3. The van der Waals surface area contributed by atoms with Crippen molar-refractivity contribution < 1.29 is 37.1 Å². The predicted molar refractivity (Wildman–Crippen MR) is 157 cm³/mol. The fraction of sp³-hybridized carbons (Fsp3) is 0.600. The molecule has 1 saturated carbocycles. The molecule has 1 aromatic carbocycles. The lowest BCUT2D eigenvalue weighted by Gasteiger charge is -2.30. The number of rotatable bonds is 5. The standard InChI is InChI=1S/C30H42N4O8S/c1-29(2,3)42-28(38)31-23-12-9-7-5-6-8-11-20-19-30(20,32-25(35)24-13-10-18-34(24)26(23)36)27(37)33-43(39,40)22-16-14-21(41-4)15-17-22/h8,11,14-17,20,23-24H,5-7,9-10,12-13,18-19H2,1-4H3,(H,31,38)(H,32,35)(H,33,37)/t20-,23+,24+,30-/m1/s1. The third-order valence-corrected chi connectivity index (χ3v) is 9.27. The van der Waals surface area contributed by atoms with Gasteiger partial charge in [-0.1, -0.05) is 25.0 Å². The zero-order chi connectivity index (χ0) is 31.4. The van der Waals surface area contributed by atoms with Crippen molar-refractivity contribution in [1.29, 1.82) is 0 Å². The minimum Gasteiger partial charge on any atom is -0.497 e. The number of hydrogen-bond acceptors (Lipinski definition) is 8. The lowest BCUT2D eigenvalue weighted by atomic mass is 10.0. The van der Waals surface area contributed by atoms with E-state index >= 15 is 0 Å². The first-order valence-electron chi connectivity index (χ1n) is 14.8. The molecule has 236 valence electrons. The third kappa shape index (κ3) is 7.87. The second-order valence-corrected chi connectivity index (χ2v) is 14.0. The molecule has 1 aliphatic carbocycles. The number of alkyl carbamates (subject to hydrolysis) is 1. The van der Waals surface area contributed by atoms with Crippen LogP contribution >= 0.6 is 0 Å². The Hall–Kier alpha value is -3.61. The van der Waals surface area contributed by atoms with Crippen LogP contribution in [0.15, 0.2) is 41.3 Å². The van der Waals surface area contributed by atoms with Crippen molar-refractivity contribution in [2.75, 3.05) is 13.7 Å². The maximum absolute atomic E-state index is 13.7. The highest BCUT2D eigenvalue weighted by atomic mass is 32.2. The third-order valence-electron chi connectivity index (χ3n) is 7.92. The number of amides is 4. The van der Waals surface area contributed by atoms with Crippen LogP contribution in [0.25, 0.3) is 0 Å². The zero-order valence-electron chi connectivity index (χ0n) is 25.2. The molecule has 1 saturated heterocycles. The maximum atomic E-state index is 13.7. The molecule has 43 heavy (non-hydrogen) atoms. The summed E-state index contributed by atoms with van der Waals surface area (Å²) in [6.07, 6.45) is 7.66. The molecule has 2 fully saturated rings. The summed E-state index contributed by atoms with van der Waals surface area (Å²) in [5.41, 5.74) is -2.22. The van der Waals surface area contributed by atoms with E-state index in [1.165, 1.54) is 36.3 Å². The van der Waals surface area contributed by atoms with Gasteiger partial charge in [-0.25, -0.2) is 17.9 Å². The van der Waals surface area contributed by atoms with Gasteiger partial charge in [0.05, 0.1) is 12.0 Å². The van der Waals surface area contributed by atoms with Crippen LogP contribution in [0.1, 0.15) is 72.1 Å². The lowest BCUT2D eigenvalue weighted by Crippen LogP contribution is -2.58. The number of fused-ring (bicyclic) bond motifs is 2. The Labute approximate surface area is 253 Å². The quantitative estimate of drug-likeness (QED) is 0.425. The van der Waals surface area contributed by atoms with Gasteiger partial charge in [-0.3, -0.25) is 14.4 Å². The first-order chi connectivity index (χ1) is 20.3. The Morgan fingerprint density at radius 2 is 1.77 bits per heavy atom. The number of sulfonamides is 1. The monoisotopic (exact) mass is 618 g/mol. The summed E-state index contributed by atoms with van der Waals surface area (Å²) in [6.45, 7) is 5.52. The smallest absolute Gasteiger partial charge is 0.408 e. The van der Waals surface area contributed by atoms with E-state index in [-0.39, 0.29) is 17.2 Å². The van der Waals surface area contributed by atoms with Gasteiger partial charge in [0, 0.05) is 12.5 Å². The lowest BCUT2D eigenvalue weighted by molar-refractivity contribution is -0.141. The van der Waals surface area contributed by atoms with Gasteiger partial charge in [-0.05, 0) is 83.6 Å². The van der Waals surface area contributed by atoms with E-state index in [2.05, 4.69) is 15.4 Å². The number of carbonyl (C=O) groups is 4. The Kier molecular flexibility index (Phi) is 9.73. The predicted octanol–water partition coefficient (Wildman–Crippen LogP) is 2.78. The van der Waals surface area contributed by atoms with Gasteiger partial charge in [0.15, 0.2) is 0 Å². The summed E-state index contributed by atoms with van der Waals surface area (Å²) in [7, 11) is -2.78. The summed E-state index contributed by atoms with van der Waals surface area (Å²) in [5.74, 6) is -1.70. The Balaban J connectivity index is 1.55. The molecule has 2 heterocycles. The van der Waals surface area contributed by atoms with Crippen molar-refractivity contribution in [1.82, 2.24) is 20.3 Å². The van der Waals surface area contributed by atoms with E-state index in [1.807, 2.05) is 12.2 Å². The Morgan fingerprint density at radius 1 is 1.05 bits per heavy atom. The molecule has 3 N–H and O–H groups in total. The van der Waals surface area contributed by atoms with Gasteiger partial charge in [0.1, 0.15) is 29.0 Å². The summed E-state index contributed by atoms with van der Waals surface area (Å²) < 4.78 is 38.7. The van der Waals surface area contributed by atoms with Gasteiger partial charge in [-0.2, -0.15) is 0 Å². The first kappa shape index (κ1) is 32.3. The second kappa shape index (κ2) is 12.9. The van der Waals surface area contributed by atoms with Crippen molar-refractivity contribution >= 4 is 33.8 Å². The number of carbonyl (C=O) groups excluding carboxylic acids is 4. The van der Waals surface area contributed by atoms with Crippen LogP contribution in [0.4, 0.5) is 4.79 Å². The van der Waals surface area contributed by atoms with E-state index in [0.29, 0.717) is 44.4 Å². The van der Waals surface area contributed by atoms with Crippen LogP contribution in [-0.2, 0) is 29.1 Å². The zero-order valence-corrected chi connectivity index (χ0v) is 26.0. The van der Waals surface area contributed by atoms with E-state index < -0.39 is 57.1 Å². The molecule has 12 nitrogen and oxygen atoms in total. The molecule has 0 spiro atoms. The van der Waals surface area contributed by atoms with Crippen LogP contribution in [0.2, 0.25) is 0 Å². The van der Waals surface area contributed by atoms with Crippen LogP contribution in [0.3, 0.4) is 0 Å². The fourth-order valence-electron chi connectivity index (χ4n) is 5.57. The van der Waals surface area contributed by atoms with Crippen LogP contribution in [0, 0.1) is 5.92 Å². The van der Waals surface area contributed by atoms with Gasteiger partial charge in [-0.15, -0.1) is 0 Å². The van der Waals surface area contributed by atoms with Crippen molar-refractivity contribution in [3.63, 3.8) is 0 Å². The summed E-state index contributed by atoms with van der Waals surface area (Å²) in [4.78, 5) is 54.8. The molecule has 2 aliphatic heterocycles. The fourth-order valence-corrected chi connectivity index (χ4v) is 6.61. The van der Waals surface area contributed by atoms with Crippen LogP contribution in [0.5, 0.6) is 5.75 Å². The van der Waals surface area contributed by atoms with Crippen LogP contribution < -0.4 is 20.1 Å². The molecule has 1 aromatic rings. The summed E-state index contributed by atoms with van der Waals surface area (Å²) in [6, 6.07) is 3.87. The van der Waals surface area contributed by atoms with Gasteiger partial charge in [0.2, 0.25) is 11.8 Å². The van der Waals surface area contributed by atoms with Gasteiger partial charge < -0.3 is 25.0 Å². The number of benzene rings is 1. The maximum Gasteiger partial charge on any atom is 0.408 e. The number of nitrogens with one attached hydrogen (secondary N) is 3. The number of ether oxygens (including phenoxy) is 2. The molecule has 3 aliphatic rings. The first-order valence-corrected chi connectivity index (χ1v) is 16.2. The molecule has 4 amide bonds. The molecule has 4 rings (SSSR count). The SMILES string of the molecule is COc1ccc(S(=O)(=O)NC(=O)[C@@]23C[C@H]2C=CCCCCC[C@H](NC(=O)OC(C)(C)C)C(=O)N2CCC[C@H]2C(=O)N3)cc1. The number of allylic oxidation sites excluding steroid dienone is 1. The van der Waals surface area contributed by atoms with E-state index in [9.17, 15) is 27.6 Å². The number of hydrogen-bond donors (Lipinski definition) is 3. The highest BCUT2D eigenvalue weighted by Crippen LogP contribution is 2.45. The molecular weight excluding hydrogens is 576 g/mol. The highest BCUT2D eigenvalue weighted by Gasteiger charge is 2.61. The minimum atomic E-state index is -4.23. The molecule has 0 aromatic heterocycles. The average molecular weight is 619 g/mol. The Morgan fingerprint density at radius 3 is 2.44 bits per heavy atom. The van der Waals surface area contributed by atoms with E-state index in [0.717, 1.165) is 12.8 Å². The minimum absolute atomic E-state index is 0.120. The molecule has 0 bridgehead atoms. The topological polar surface area (TPSA) is 160 Å². The van der Waals surface area contributed by atoms with E-state index in [4.69, 9.17) is 9.47 Å². The van der Waals surface area contributed by atoms with Crippen LogP contribution in [-0.4, -0.2) is 74.0 Å². The van der Waals surface area contributed by atoms with Gasteiger partial charge in [0.25, 0.3) is 15.9 Å². The van der Waals surface area contributed by atoms with Crippen molar-refractivity contribution in [2.45, 2.75) is 100 Å². The Bertz CT molecular complexity index is 1350. The average Bonchev–Trinajstić information content (AvgIpc) is 3.40. The molecule has 4 atom stereocenters. The van der Waals surface area contributed by atoms with Gasteiger partial charge >= 0.3 is 6.09 Å². The largest absolute Gasteiger partial charge is 0.497 e. The highest BCUT2D eigenvalue weighted by molar-refractivity contribution is 7.90. The van der Waals surface area contributed by atoms with Crippen molar-refractivity contribution in [3.8, 4) is 5.75 Å². The van der Waals surface area contributed by atoms with Crippen molar-refractivity contribution in [3.05, 3.63) is 36.4 Å². The molecule has 13 heteroatoms. The molecule has 0 radical (unpaired) electrons. The normalized spacial score (nSPS) is 26.6. The summed E-state index contributed by atoms with van der Waals surface area (Å²) in [5, 5.41) is 5.51. The molecular formula is C30H42N4O8S. The summed E-state index contributed by atoms with van der Waals surface area (Å²) >= 11 is 0. The van der Waals surface area contributed by atoms with E-state index in [1.54, 1.807) is 20.8 Å². The van der Waals surface area contributed by atoms with Crippen molar-refractivity contribution in [2.24, 2.45) is 5.92 Å². The number of methoxy groups -OCH3 is 1. The number of nitrogens with zero attached hydrogens (tertiary/aromatic N) is 1.